The number of carboxylic acids is 1. The van der Waals surface area contributed by atoms with E-state index in [1.807, 2.05) is 0 Å². The van der Waals surface area contributed by atoms with Crippen molar-refractivity contribution in [1.29, 1.82) is 0 Å². The minimum Gasteiger partial charge on any atom is -0.488 e. The number of nitrogens with zero attached hydrogens (tertiary/aromatic N) is 3. The molecule has 4 rings (SSSR count). The number of nitrogens with one attached hydrogen (secondary N) is 1. The number of hydrogen-bond acceptors (Lipinski definition) is 8. The van der Waals surface area contributed by atoms with Crippen molar-refractivity contribution in [2.75, 3.05) is 30.0 Å². The summed E-state index contributed by atoms with van der Waals surface area (Å²) < 4.78 is 134. The third-order valence-electron chi connectivity index (χ3n) is 8.04. The lowest BCUT2D eigenvalue weighted by molar-refractivity contribution is -0.143. The molecule has 10 nitrogen and oxygen atoms in total. The lowest BCUT2D eigenvalue weighted by Crippen LogP contribution is -2.46. The quantitative estimate of drug-likeness (QED) is 0.117. The Kier molecular flexibility index (Phi) is 12.5. The molecule has 3 N–H and O–H groups in total. The van der Waals surface area contributed by atoms with Crippen LogP contribution in [0, 0.1) is 0 Å². The molecule has 1 aliphatic heterocycles. The van der Waals surface area contributed by atoms with Gasteiger partial charge in [-0.05, 0) is 73.2 Å². The number of amides is 1. The first-order chi connectivity index (χ1) is 24.3. The molecule has 0 bridgehead atoms. The van der Waals surface area contributed by atoms with Crippen molar-refractivity contribution in [2.24, 2.45) is 0 Å². The first-order valence-corrected chi connectivity index (χ1v) is 15.8. The van der Waals surface area contributed by atoms with Gasteiger partial charge in [0.2, 0.25) is 5.95 Å². The van der Waals surface area contributed by atoms with Gasteiger partial charge in [-0.2, -0.15) is 39.5 Å². The van der Waals surface area contributed by atoms with Gasteiger partial charge >= 0.3 is 30.6 Å². The molecule has 0 radical (unpaired) electrons. The Bertz CT molecular complexity index is 1700. The van der Waals surface area contributed by atoms with E-state index in [1.165, 1.54) is 4.90 Å². The zero-order valence-electron chi connectivity index (χ0n) is 27.3. The zero-order chi connectivity index (χ0) is 38.4. The van der Waals surface area contributed by atoms with E-state index in [2.05, 4.69) is 15.3 Å². The minimum atomic E-state index is -5.12. The van der Waals surface area contributed by atoms with Crippen molar-refractivity contribution in [3.63, 3.8) is 0 Å². The van der Waals surface area contributed by atoms with Crippen LogP contribution in [0.5, 0.6) is 5.75 Å². The predicted octanol–water partition coefficient (Wildman–Crippen LogP) is 8.03. The van der Waals surface area contributed by atoms with Gasteiger partial charge < -0.3 is 25.0 Å². The van der Waals surface area contributed by atoms with E-state index < -0.39 is 78.0 Å². The van der Waals surface area contributed by atoms with E-state index in [0.717, 1.165) is 24.4 Å². The van der Waals surface area contributed by atoms with Crippen molar-refractivity contribution < 1.29 is 68.8 Å². The van der Waals surface area contributed by atoms with Gasteiger partial charge in [0.25, 0.3) is 0 Å². The molecule has 52 heavy (non-hydrogen) atoms. The van der Waals surface area contributed by atoms with Gasteiger partial charge in [0, 0.05) is 18.9 Å². The highest BCUT2D eigenvalue weighted by Gasteiger charge is 2.40. The van der Waals surface area contributed by atoms with Crippen molar-refractivity contribution >= 4 is 23.7 Å². The van der Waals surface area contributed by atoms with E-state index in [0.29, 0.717) is 18.6 Å². The van der Waals surface area contributed by atoms with Crippen LogP contribution in [0.1, 0.15) is 78.6 Å². The van der Waals surface area contributed by atoms with Gasteiger partial charge in [0.05, 0.1) is 53.5 Å². The van der Waals surface area contributed by atoms with Crippen LogP contribution in [0.25, 0.3) is 0 Å². The molecule has 1 aliphatic rings. The first kappa shape index (κ1) is 40.0. The number of hydrogen-bond donors (Lipinski definition) is 3. The van der Waals surface area contributed by atoms with Crippen molar-refractivity contribution in [1.82, 2.24) is 9.97 Å². The third kappa shape index (κ3) is 10.2. The average molecular weight is 753 g/mol. The molecule has 19 heteroatoms. The largest absolute Gasteiger partial charge is 0.488 e. The molecule has 0 spiro atoms. The van der Waals surface area contributed by atoms with Crippen molar-refractivity contribution in [3.8, 4) is 5.75 Å². The number of anilines is 2. The molecule has 0 fully saturated rings. The highest BCUT2D eigenvalue weighted by molar-refractivity contribution is 5.90. The Morgan fingerprint density at radius 2 is 1.58 bits per heavy atom. The van der Waals surface area contributed by atoms with Crippen LogP contribution in [0.3, 0.4) is 0 Å². The van der Waals surface area contributed by atoms with Crippen LogP contribution in [0.4, 0.5) is 55.9 Å². The predicted molar refractivity (Wildman–Crippen MR) is 166 cm³/mol. The number of carboxylic acid groups (broad SMARTS) is 1. The Balaban J connectivity index is 1.72. The van der Waals surface area contributed by atoms with E-state index >= 15 is 0 Å². The van der Waals surface area contributed by atoms with Crippen LogP contribution in [-0.2, 0) is 34.5 Å². The topological polar surface area (TPSA) is 134 Å². The highest BCUT2D eigenvalue weighted by Crippen LogP contribution is 2.43. The molecule has 0 saturated heterocycles. The number of aliphatic hydroxyl groups is 1. The Morgan fingerprint density at radius 3 is 2.15 bits per heavy atom. The Morgan fingerprint density at radius 1 is 0.923 bits per heavy atom. The normalized spacial score (nSPS) is 16.3. The number of carbonyl (C=O) groups excluding carboxylic acids is 1. The number of rotatable bonds is 13. The number of aliphatic hydroxyl groups excluding tert-OH is 1. The SMILES string of the molecule is CC[C@@H]1C[C@H](Nc2ncc(OCCO)c(Cc3cc(C(F)(F)F)cc(C(F)(F)F)c3)n2)c2cc(C(F)(F)F)ccc2N1C(=O)OCCCCC(=O)O. The summed E-state index contributed by atoms with van der Waals surface area (Å²) in [5, 5.41) is 21.0. The van der Waals surface area contributed by atoms with Crippen LogP contribution >= 0.6 is 0 Å². The molecule has 2 atom stereocenters. The highest BCUT2D eigenvalue weighted by atomic mass is 19.4. The second-order valence-electron chi connectivity index (χ2n) is 11.8. The zero-order valence-corrected chi connectivity index (χ0v) is 27.3. The number of aromatic nitrogens is 2. The number of carbonyl (C=O) groups is 2. The fourth-order valence-electron chi connectivity index (χ4n) is 5.62. The van der Waals surface area contributed by atoms with Crippen LogP contribution in [0.2, 0.25) is 0 Å². The number of benzene rings is 2. The second kappa shape index (κ2) is 16.2. The number of alkyl halides is 9. The summed E-state index contributed by atoms with van der Waals surface area (Å²) in [5.41, 5.74) is -4.76. The van der Waals surface area contributed by atoms with Gasteiger partial charge in [-0.25, -0.2) is 14.8 Å². The molecule has 0 unspecified atom stereocenters. The van der Waals surface area contributed by atoms with Gasteiger partial charge in [-0.15, -0.1) is 0 Å². The molecule has 284 valence electrons. The maximum Gasteiger partial charge on any atom is 0.416 e. The molecule has 0 aliphatic carbocycles. The number of ether oxygens (including phenoxy) is 2. The molecular weight excluding hydrogens is 719 g/mol. The summed E-state index contributed by atoms with van der Waals surface area (Å²) in [4.78, 5) is 33.6. The van der Waals surface area contributed by atoms with E-state index in [1.54, 1.807) is 6.92 Å². The molecule has 1 amide bonds. The van der Waals surface area contributed by atoms with Crippen molar-refractivity contribution in [2.45, 2.75) is 76.1 Å². The fraction of sp³-hybridized carbons (Fsp3) is 0.455. The molecule has 3 aromatic rings. The summed E-state index contributed by atoms with van der Waals surface area (Å²) in [6, 6.07) is 2.07. The van der Waals surface area contributed by atoms with Gasteiger partial charge in [0.15, 0.2) is 5.75 Å². The average Bonchev–Trinajstić information content (AvgIpc) is 3.05. The first-order valence-electron chi connectivity index (χ1n) is 15.8. The summed E-state index contributed by atoms with van der Waals surface area (Å²) in [5.74, 6) is -1.49. The van der Waals surface area contributed by atoms with Crippen molar-refractivity contribution in [3.05, 3.63) is 76.1 Å². The maximum atomic E-state index is 13.9. The summed E-state index contributed by atoms with van der Waals surface area (Å²) >= 11 is 0. The van der Waals surface area contributed by atoms with Gasteiger partial charge in [-0.3, -0.25) is 9.69 Å². The van der Waals surface area contributed by atoms with E-state index in [-0.39, 0.29) is 73.6 Å². The maximum absolute atomic E-state index is 13.9. The fourth-order valence-corrected chi connectivity index (χ4v) is 5.62. The molecule has 2 aromatic carbocycles. The van der Waals surface area contributed by atoms with Crippen LogP contribution in [-0.4, -0.2) is 58.1 Å². The number of fused-ring (bicyclic) bond motifs is 1. The third-order valence-corrected chi connectivity index (χ3v) is 8.04. The standard InChI is InChI=1S/C33H33F9N4O6/c1-2-22-16-24(23-15-19(31(34,35)36)6-7-26(23)46(22)30(50)52-9-4-3-5-28(48)49)44-29-43-17-27(51-10-8-47)25(45-29)13-18-11-20(32(37,38)39)14-21(12-18)33(40,41)42/h6-7,11-12,14-15,17,22,24,47H,2-5,8-10,13,16H2,1H3,(H,48,49)(H,43,44,45)/t22-,24+/m1/s1. The van der Waals surface area contributed by atoms with E-state index in [9.17, 15) is 54.2 Å². The Labute approximate surface area is 290 Å². The summed E-state index contributed by atoms with van der Waals surface area (Å²) in [7, 11) is 0. The van der Waals surface area contributed by atoms with E-state index in [4.69, 9.17) is 14.6 Å². The molecule has 2 heterocycles. The molecule has 0 saturated carbocycles. The molecular formula is C33H33F9N4O6. The lowest BCUT2D eigenvalue weighted by atomic mass is 9.89. The summed E-state index contributed by atoms with van der Waals surface area (Å²) in [6.07, 6.45) is -14.9. The van der Waals surface area contributed by atoms with Crippen LogP contribution < -0.4 is 15.0 Å². The Hall–Kier alpha value is -4.81. The van der Waals surface area contributed by atoms with Gasteiger partial charge in [-0.1, -0.05) is 6.92 Å². The smallest absolute Gasteiger partial charge is 0.416 e. The monoisotopic (exact) mass is 752 g/mol. The number of halogens is 9. The van der Waals surface area contributed by atoms with Gasteiger partial charge in [0.1, 0.15) is 6.61 Å². The lowest BCUT2D eigenvalue weighted by Gasteiger charge is -2.40. The van der Waals surface area contributed by atoms with Crippen LogP contribution in [0.15, 0.2) is 42.6 Å². The molecule has 1 aromatic heterocycles. The minimum absolute atomic E-state index is 0.0110. The second-order valence-corrected chi connectivity index (χ2v) is 11.8. The number of unbranched alkanes of at least 4 members (excludes halogenated alkanes) is 1. The number of aliphatic carboxylic acids is 1. The summed E-state index contributed by atoms with van der Waals surface area (Å²) in [6.45, 7) is 0.727.